The molecule has 0 aliphatic rings. The van der Waals surface area contributed by atoms with Crippen LogP contribution in [0.5, 0.6) is 0 Å². The molecule has 3 N–H and O–H groups in total. The third-order valence-electron chi connectivity index (χ3n) is 0.451. The lowest BCUT2D eigenvalue weighted by atomic mass is 10.3. The third kappa shape index (κ3) is 10.8. The van der Waals surface area contributed by atoms with Crippen molar-refractivity contribution in [1.82, 2.24) is 6.15 Å². The van der Waals surface area contributed by atoms with Gasteiger partial charge >= 0.3 is 0 Å². The second-order valence-corrected chi connectivity index (χ2v) is 1.48. The highest BCUT2D eigenvalue weighted by Gasteiger charge is 1.63. The van der Waals surface area contributed by atoms with E-state index in [0.29, 0.717) is 0 Å². The molecule has 0 rings (SSSR count). The van der Waals surface area contributed by atoms with Crippen LogP contribution in [0, 0.1) is 0 Å². The van der Waals surface area contributed by atoms with Gasteiger partial charge in [0.1, 0.15) is 0 Å². The molecule has 0 spiro atoms. The van der Waals surface area contributed by atoms with Crippen molar-refractivity contribution >= 4 is 0 Å². The van der Waals surface area contributed by atoms with Crippen molar-refractivity contribution < 1.29 is 0 Å². The zero-order valence-electron chi connectivity index (χ0n) is 5.07. The van der Waals surface area contributed by atoms with E-state index in [2.05, 4.69) is 6.58 Å². The predicted octanol–water partition coefficient (Wildman–Crippen LogP) is 2.30. The fourth-order valence-electron chi connectivity index (χ4n) is 0.236. The van der Waals surface area contributed by atoms with Gasteiger partial charge in [-0.15, -0.1) is 0 Å². The third-order valence-corrected chi connectivity index (χ3v) is 0.451. The monoisotopic (exact) mass is 99.1 g/mol. The molecule has 1 nitrogen and oxygen atoms in total. The molecule has 0 aliphatic carbocycles. The molecule has 0 heterocycles. The molecule has 0 bridgehead atoms. The average Bonchev–Trinajstić information content (AvgIpc) is 1.35. The molecule has 1 heteroatoms. The quantitative estimate of drug-likeness (QED) is 0.503. The highest BCUT2D eigenvalue weighted by molar-refractivity contribution is 5.04. The van der Waals surface area contributed by atoms with E-state index in [1.807, 2.05) is 19.9 Å². The lowest BCUT2D eigenvalue weighted by Gasteiger charge is -1.76. The minimum atomic E-state index is 0. The highest BCUT2D eigenvalue weighted by Crippen LogP contribution is 1.85. The van der Waals surface area contributed by atoms with E-state index in [1.165, 1.54) is 5.57 Å². The standard InChI is InChI=1S/C6H10.H3N/c1-4-5-6(2)3;/h4-5H,1H2,2-3H3;1H3. The summed E-state index contributed by atoms with van der Waals surface area (Å²) in [5.41, 5.74) is 1.30. The van der Waals surface area contributed by atoms with Crippen LogP contribution in [0.1, 0.15) is 13.8 Å². The SMILES string of the molecule is C=CC=C(C)C.N. The van der Waals surface area contributed by atoms with Crippen LogP contribution in [0.2, 0.25) is 0 Å². The summed E-state index contributed by atoms with van der Waals surface area (Å²) in [6.07, 6.45) is 3.76. The summed E-state index contributed by atoms with van der Waals surface area (Å²) in [5.74, 6) is 0. The smallest absolute Gasteiger partial charge is 0.0439 e. The van der Waals surface area contributed by atoms with Crippen LogP contribution >= 0.6 is 0 Å². The van der Waals surface area contributed by atoms with E-state index in [1.54, 1.807) is 6.08 Å². The Kier molecular flexibility index (Phi) is 7.51. The largest absolute Gasteiger partial charge is 0.344 e. The fourth-order valence-corrected chi connectivity index (χ4v) is 0.236. The molecule has 0 aliphatic heterocycles. The molecule has 0 aromatic rings. The lowest BCUT2D eigenvalue weighted by Crippen LogP contribution is -1.54. The number of hydrogen-bond donors (Lipinski definition) is 1. The molecule has 0 amide bonds. The van der Waals surface area contributed by atoms with Gasteiger partial charge in [0.25, 0.3) is 0 Å². The molecule has 0 aromatic heterocycles. The summed E-state index contributed by atoms with van der Waals surface area (Å²) in [7, 11) is 0. The number of rotatable bonds is 1. The predicted molar refractivity (Wildman–Crippen MR) is 34.7 cm³/mol. The van der Waals surface area contributed by atoms with Crippen LogP contribution in [0.15, 0.2) is 24.3 Å². The zero-order valence-corrected chi connectivity index (χ0v) is 5.07. The summed E-state index contributed by atoms with van der Waals surface area (Å²) < 4.78 is 0. The van der Waals surface area contributed by atoms with E-state index in [4.69, 9.17) is 0 Å². The van der Waals surface area contributed by atoms with Gasteiger partial charge < -0.3 is 6.15 Å². The normalized spacial score (nSPS) is 6.00. The van der Waals surface area contributed by atoms with Gasteiger partial charge in [-0.05, 0) is 13.8 Å². The molecule has 0 aromatic carbocycles. The van der Waals surface area contributed by atoms with Crippen molar-refractivity contribution in [3.63, 3.8) is 0 Å². The first-order chi connectivity index (χ1) is 2.77. The van der Waals surface area contributed by atoms with Crippen LogP contribution in [-0.2, 0) is 0 Å². The maximum atomic E-state index is 3.52. The van der Waals surface area contributed by atoms with E-state index in [0.717, 1.165) is 0 Å². The minimum absolute atomic E-state index is 0. The number of allylic oxidation sites excluding steroid dienone is 3. The van der Waals surface area contributed by atoms with Crippen molar-refractivity contribution in [1.29, 1.82) is 0 Å². The molecule has 0 saturated heterocycles. The summed E-state index contributed by atoms with van der Waals surface area (Å²) in [5, 5.41) is 0. The highest BCUT2D eigenvalue weighted by atomic mass is 14.0. The van der Waals surface area contributed by atoms with E-state index >= 15 is 0 Å². The van der Waals surface area contributed by atoms with Crippen LogP contribution in [-0.4, -0.2) is 0 Å². The van der Waals surface area contributed by atoms with Gasteiger partial charge in [0.2, 0.25) is 0 Å². The molecule has 0 fully saturated rings. The molecular formula is C6H13N. The first kappa shape index (κ1) is 9.67. The molecule has 7 heavy (non-hydrogen) atoms. The second kappa shape index (κ2) is 5.44. The topological polar surface area (TPSA) is 35.0 Å². The zero-order chi connectivity index (χ0) is 4.99. The summed E-state index contributed by atoms with van der Waals surface area (Å²) in [6, 6.07) is 0. The molecule has 0 saturated carbocycles. The van der Waals surface area contributed by atoms with Crippen LogP contribution in [0.3, 0.4) is 0 Å². The molecule has 42 valence electrons. The fraction of sp³-hybridized carbons (Fsp3) is 0.333. The Hall–Kier alpha value is -0.560. The van der Waals surface area contributed by atoms with E-state index in [-0.39, 0.29) is 6.15 Å². The van der Waals surface area contributed by atoms with E-state index < -0.39 is 0 Å². The first-order valence-electron chi connectivity index (χ1n) is 2.03. The Labute approximate surface area is 45.3 Å². The summed E-state index contributed by atoms with van der Waals surface area (Å²) in [4.78, 5) is 0. The first-order valence-corrected chi connectivity index (χ1v) is 2.03. The van der Waals surface area contributed by atoms with Crippen molar-refractivity contribution in [3.05, 3.63) is 24.3 Å². The Morgan fingerprint density at radius 2 is 1.86 bits per heavy atom. The molecule has 0 unspecified atom stereocenters. The maximum absolute atomic E-state index is 3.52. The molecule has 0 atom stereocenters. The number of hydrogen-bond acceptors (Lipinski definition) is 1. The summed E-state index contributed by atoms with van der Waals surface area (Å²) in [6.45, 7) is 7.61. The van der Waals surface area contributed by atoms with Crippen molar-refractivity contribution in [3.8, 4) is 0 Å². The van der Waals surface area contributed by atoms with Crippen molar-refractivity contribution in [2.75, 3.05) is 0 Å². The van der Waals surface area contributed by atoms with Gasteiger partial charge in [-0.25, -0.2) is 0 Å². The Balaban J connectivity index is 0. The van der Waals surface area contributed by atoms with E-state index in [9.17, 15) is 0 Å². The lowest BCUT2D eigenvalue weighted by molar-refractivity contribution is 1.40. The van der Waals surface area contributed by atoms with Gasteiger partial charge in [0.15, 0.2) is 0 Å². The Morgan fingerprint density at radius 3 is 1.86 bits per heavy atom. The molecule has 0 radical (unpaired) electrons. The van der Waals surface area contributed by atoms with Crippen LogP contribution in [0.25, 0.3) is 0 Å². The van der Waals surface area contributed by atoms with Gasteiger partial charge in [0, 0.05) is 0 Å². The van der Waals surface area contributed by atoms with Crippen LogP contribution < -0.4 is 6.15 Å². The van der Waals surface area contributed by atoms with Crippen LogP contribution in [0.4, 0.5) is 0 Å². The van der Waals surface area contributed by atoms with Crippen molar-refractivity contribution in [2.24, 2.45) is 0 Å². The van der Waals surface area contributed by atoms with Crippen molar-refractivity contribution in [2.45, 2.75) is 13.8 Å². The van der Waals surface area contributed by atoms with Gasteiger partial charge in [0.05, 0.1) is 0 Å². The Bertz CT molecular complexity index is 68.2. The average molecular weight is 99.2 g/mol. The minimum Gasteiger partial charge on any atom is -0.344 e. The summed E-state index contributed by atoms with van der Waals surface area (Å²) >= 11 is 0. The second-order valence-electron chi connectivity index (χ2n) is 1.48. The maximum Gasteiger partial charge on any atom is -0.0439 e. The van der Waals surface area contributed by atoms with Gasteiger partial charge in [-0.1, -0.05) is 24.3 Å². The van der Waals surface area contributed by atoms with Gasteiger partial charge in [-0.2, -0.15) is 0 Å². The Morgan fingerprint density at radius 1 is 1.43 bits per heavy atom. The van der Waals surface area contributed by atoms with Gasteiger partial charge in [-0.3, -0.25) is 0 Å². The molecular weight excluding hydrogens is 86.1 g/mol.